The molecule has 12 heavy (non-hydrogen) atoms. The molecule has 0 amide bonds. The van der Waals surface area contributed by atoms with Gasteiger partial charge in [0.25, 0.3) is 0 Å². The van der Waals surface area contributed by atoms with Crippen LogP contribution in [-0.2, 0) is 4.84 Å². The van der Waals surface area contributed by atoms with Crippen LogP contribution < -0.4 is 5.90 Å². The van der Waals surface area contributed by atoms with Gasteiger partial charge >= 0.3 is 0 Å². The van der Waals surface area contributed by atoms with Crippen molar-refractivity contribution in [3.8, 4) is 0 Å². The fraction of sp³-hybridized carbons (Fsp3) is 0.111. The Balaban J connectivity index is 0.00000121. The van der Waals surface area contributed by atoms with Crippen LogP contribution in [0.4, 0.5) is 0 Å². The van der Waals surface area contributed by atoms with Crippen LogP contribution in [-0.4, -0.2) is 6.61 Å². The molecular weight excluding hydrogens is 174 g/mol. The van der Waals surface area contributed by atoms with Gasteiger partial charge in [0.15, 0.2) is 0 Å². The van der Waals surface area contributed by atoms with E-state index in [9.17, 15) is 0 Å². The van der Waals surface area contributed by atoms with Crippen molar-refractivity contribution in [3.63, 3.8) is 0 Å². The van der Waals surface area contributed by atoms with Gasteiger partial charge in [-0.15, -0.1) is 12.4 Å². The fourth-order valence-corrected chi connectivity index (χ4v) is 0.804. The van der Waals surface area contributed by atoms with Gasteiger partial charge in [-0.3, -0.25) is 0 Å². The number of rotatable bonds is 3. The highest BCUT2D eigenvalue weighted by molar-refractivity contribution is 5.85. The number of nitrogens with two attached hydrogens (primary N) is 1. The summed E-state index contributed by atoms with van der Waals surface area (Å²) in [5.74, 6) is 4.84. The molecule has 66 valence electrons. The summed E-state index contributed by atoms with van der Waals surface area (Å²) in [6, 6.07) is 10.0. The largest absolute Gasteiger partial charge is 0.300 e. The molecule has 1 aromatic rings. The van der Waals surface area contributed by atoms with Gasteiger partial charge in [-0.25, -0.2) is 5.90 Å². The standard InChI is InChI=1S/C9H11NO.ClH/c10-11-8-4-7-9-5-2-1-3-6-9;/h1-7H,8,10H2;1H/b7-4+;. The molecule has 3 heteroatoms. The molecule has 0 fully saturated rings. The first-order chi connectivity index (χ1) is 5.43. The van der Waals surface area contributed by atoms with Crippen LogP contribution in [0.15, 0.2) is 36.4 Å². The molecule has 0 unspecified atom stereocenters. The third kappa shape index (κ3) is 4.13. The van der Waals surface area contributed by atoms with E-state index >= 15 is 0 Å². The first kappa shape index (κ1) is 11.2. The zero-order valence-corrected chi connectivity index (χ0v) is 7.46. The average molecular weight is 186 g/mol. The maximum Gasteiger partial charge on any atom is 0.0864 e. The maximum absolute atomic E-state index is 4.84. The Morgan fingerprint density at radius 1 is 1.25 bits per heavy atom. The van der Waals surface area contributed by atoms with Crippen LogP contribution in [0.5, 0.6) is 0 Å². The number of benzene rings is 1. The quantitative estimate of drug-likeness (QED) is 0.732. The Morgan fingerprint density at radius 2 is 1.92 bits per heavy atom. The molecule has 0 saturated carbocycles. The van der Waals surface area contributed by atoms with Crippen LogP contribution in [0.3, 0.4) is 0 Å². The number of hydrogen-bond donors (Lipinski definition) is 1. The van der Waals surface area contributed by atoms with Gasteiger partial charge in [0.05, 0.1) is 6.61 Å². The summed E-state index contributed by atoms with van der Waals surface area (Å²) in [6.45, 7) is 0.453. The van der Waals surface area contributed by atoms with E-state index in [1.165, 1.54) is 0 Å². The van der Waals surface area contributed by atoms with Crippen LogP contribution >= 0.6 is 12.4 Å². The molecule has 1 rings (SSSR count). The molecule has 1 aromatic carbocycles. The van der Waals surface area contributed by atoms with Crippen LogP contribution in [0.25, 0.3) is 6.08 Å². The zero-order valence-electron chi connectivity index (χ0n) is 6.64. The Bertz CT molecular complexity index is 223. The van der Waals surface area contributed by atoms with E-state index in [2.05, 4.69) is 4.84 Å². The summed E-state index contributed by atoms with van der Waals surface area (Å²) in [6.07, 6.45) is 3.84. The minimum Gasteiger partial charge on any atom is -0.300 e. The van der Waals surface area contributed by atoms with Crippen LogP contribution in [0.1, 0.15) is 5.56 Å². The molecular formula is C9H12ClNO. The van der Waals surface area contributed by atoms with Crippen molar-refractivity contribution in [2.75, 3.05) is 6.61 Å². The van der Waals surface area contributed by atoms with Crippen molar-refractivity contribution in [1.29, 1.82) is 0 Å². The lowest BCUT2D eigenvalue weighted by Crippen LogP contribution is -1.96. The molecule has 2 nitrogen and oxygen atoms in total. The maximum atomic E-state index is 4.84. The highest BCUT2D eigenvalue weighted by Crippen LogP contribution is 1.99. The van der Waals surface area contributed by atoms with Crippen molar-refractivity contribution in [1.82, 2.24) is 0 Å². The van der Waals surface area contributed by atoms with E-state index < -0.39 is 0 Å². The van der Waals surface area contributed by atoms with E-state index in [-0.39, 0.29) is 12.4 Å². The predicted molar refractivity (Wildman–Crippen MR) is 52.9 cm³/mol. The van der Waals surface area contributed by atoms with Gasteiger partial charge in [-0.1, -0.05) is 42.5 Å². The van der Waals surface area contributed by atoms with Crippen LogP contribution in [0.2, 0.25) is 0 Å². The van der Waals surface area contributed by atoms with Crippen molar-refractivity contribution < 1.29 is 4.84 Å². The smallest absolute Gasteiger partial charge is 0.0864 e. The molecule has 0 radical (unpaired) electrons. The summed E-state index contributed by atoms with van der Waals surface area (Å²) in [5.41, 5.74) is 1.16. The third-order valence-electron chi connectivity index (χ3n) is 1.30. The molecule has 0 aromatic heterocycles. The highest BCUT2D eigenvalue weighted by atomic mass is 35.5. The Hall–Kier alpha value is -0.830. The van der Waals surface area contributed by atoms with Crippen molar-refractivity contribution >= 4 is 18.5 Å². The van der Waals surface area contributed by atoms with Gasteiger partial charge in [-0.05, 0) is 5.56 Å². The third-order valence-corrected chi connectivity index (χ3v) is 1.30. The first-order valence-electron chi connectivity index (χ1n) is 3.47. The van der Waals surface area contributed by atoms with Gasteiger partial charge in [0.2, 0.25) is 0 Å². The summed E-state index contributed by atoms with van der Waals surface area (Å²) in [7, 11) is 0. The van der Waals surface area contributed by atoms with Gasteiger partial charge in [0, 0.05) is 0 Å². The second kappa shape index (κ2) is 6.85. The lowest BCUT2D eigenvalue weighted by molar-refractivity contribution is 0.168. The van der Waals surface area contributed by atoms with E-state index in [1.807, 2.05) is 42.5 Å². The SMILES string of the molecule is Cl.NOC/C=C/c1ccccc1. The molecule has 0 heterocycles. The van der Waals surface area contributed by atoms with Gasteiger partial charge in [-0.2, -0.15) is 0 Å². The monoisotopic (exact) mass is 185 g/mol. The Morgan fingerprint density at radius 3 is 2.50 bits per heavy atom. The summed E-state index contributed by atoms with van der Waals surface area (Å²) >= 11 is 0. The first-order valence-corrected chi connectivity index (χ1v) is 3.47. The second-order valence-electron chi connectivity index (χ2n) is 2.15. The molecule has 0 spiro atoms. The van der Waals surface area contributed by atoms with Crippen molar-refractivity contribution in [3.05, 3.63) is 42.0 Å². The van der Waals surface area contributed by atoms with E-state index in [1.54, 1.807) is 0 Å². The minimum atomic E-state index is 0. The Kier molecular flexibility index (Phi) is 6.38. The fourth-order valence-electron chi connectivity index (χ4n) is 0.804. The predicted octanol–water partition coefficient (Wildman–Crippen LogP) is 2.01. The van der Waals surface area contributed by atoms with Crippen molar-refractivity contribution in [2.24, 2.45) is 5.90 Å². The van der Waals surface area contributed by atoms with Crippen LogP contribution in [0, 0.1) is 0 Å². The van der Waals surface area contributed by atoms with E-state index in [0.717, 1.165) is 5.56 Å². The summed E-state index contributed by atoms with van der Waals surface area (Å²) < 4.78 is 0. The summed E-state index contributed by atoms with van der Waals surface area (Å²) in [4.78, 5) is 4.38. The number of hydrogen-bond acceptors (Lipinski definition) is 2. The van der Waals surface area contributed by atoms with Gasteiger partial charge in [0.1, 0.15) is 0 Å². The molecule has 0 atom stereocenters. The molecule has 0 aliphatic rings. The lowest BCUT2D eigenvalue weighted by Gasteiger charge is -1.90. The zero-order chi connectivity index (χ0) is 7.94. The Labute approximate surface area is 78.4 Å². The molecule has 0 saturated heterocycles. The highest BCUT2D eigenvalue weighted by Gasteiger charge is 1.80. The number of halogens is 1. The normalized spacial score (nSPS) is 9.75. The molecule has 0 aliphatic heterocycles. The van der Waals surface area contributed by atoms with Gasteiger partial charge < -0.3 is 4.84 Å². The molecule has 0 bridgehead atoms. The second-order valence-corrected chi connectivity index (χ2v) is 2.15. The summed E-state index contributed by atoms with van der Waals surface area (Å²) in [5, 5.41) is 0. The van der Waals surface area contributed by atoms with Crippen molar-refractivity contribution in [2.45, 2.75) is 0 Å². The molecule has 2 N–H and O–H groups in total. The molecule has 0 aliphatic carbocycles. The lowest BCUT2D eigenvalue weighted by atomic mass is 10.2. The van der Waals surface area contributed by atoms with E-state index in [0.29, 0.717) is 6.61 Å². The van der Waals surface area contributed by atoms with E-state index in [4.69, 9.17) is 5.90 Å². The minimum absolute atomic E-state index is 0. The topological polar surface area (TPSA) is 35.2 Å². The average Bonchev–Trinajstić information content (AvgIpc) is 2.07.